The van der Waals surface area contributed by atoms with Gasteiger partial charge in [-0.25, -0.2) is 0 Å². The van der Waals surface area contributed by atoms with Gasteiger partial charge in [0.1, 0.15) is 18.3 Å². The second kappa shape index (κ2) is 7.04. The first kappa shape index (κ1) is 18.0. The van der Waals surface area contributed by atoms with E-state index in [4.69, 9.17) is 24.0 Å². The smallest absolute Gasteiger partial charge is 0.348 e. The normalized spacial score (nSPS) is 32.3. The maximum atomic E-state index is 12.0. The number of methoxy groups -OCH3 is 2. The van der Waals surface area contributed by atoms with Crippen LogP contribution in [0.5, 0.6) is 0 Å². The first-order valence-corrected chi connectivity index (χ1v) is 8.43. The third kappa shape index (κ3) is 4.14. The second-order valence-corrected chi connectivity index (χ2v) is 6.56. The molecule has 2 heterocycles. The Hall–Kier alpha value is -1.35. The van der Waals surface area contributed by atoms with Crippen LogP contribution in [0.1, 0.15) is 6.42 Å². The molecule has 10 heteroatoms. The van der Waals surface area contributed by atoms with E-state index in [1.54, 1.807) is 0 Å². The number of ether oxygens (including phenoxy) is 3. The molecule has 9 nitrogen and oxygen atoms in total. The van der Waals surface area contributed by atoms with Crippen molar-refractivity contribution in [3.63, 3.8) is 0 Å². The van der Waals surface area contributed by atoms with Crippen LogP contribution in [0.4, 0.5) is 0 Å². The molecule has 0 saturated carbocycles. The Labute approximate surface area is 132 Å². The highest BCUT2D eigenvalue weighted by Gasteiger charge is 2.48. The number of rotatable bonds is 5. The number of carbonyl (C=O) groups excluding carboxylic acids is 2. The zero-order valence-electron chi connectivity index (χ0n) is 12.6. The van der Waals surface area contributed by atoms with Gasteiger partial charge < -0.3 is 24.0 Å². The maximum absolute atomic E-state index is 12.0. The van der Waals surface area contributed by atoms with Crippen molar-refractivity contribution < 1.29 is 38.2 Å². The molecule has 1 amide bonds. The minimum atomic E-state index is -4.35. The van der Waals surface area contributed by atoms with E-state index in [-0.39, 0.29) is 12.2 Å². The van der Waals surface area contributed by atoms with Crippen molar-refractivity contribution in [3.05, 3.63) is 24.2 Å². The van der Waals surface area contributed by atoms with Crippen molar-refractivity contribution in [3.8, 4) is 0 Å². The molecule has 2 aliphatic heterocycles. The van der Waals surface area contributed by atoms with Gasteiger partial charge in [0.05, 0.1) is 6.42 Å². The fourth-order valence-electron chi connectivity index (χ4n) is 2.53. The predicted octanol–water partition coefficient (Wildman–Crippen LogP) is -0.252. The largest absolute Gasteiger partial charge is 0.375 e. The molecule has 1 fully saturated rings. The van der Waals surface area contributed by atoms with Crippen LogP contribution in [-0.2, 0) is 28.4 Å². The minimum absolute atomic E-state index is 0.270. The molecule has 2 rings (SSSR count). The Kier molecular flexibility index (Phi) is 5.51. The van der Waals surface area contributed by atoms with Crippen molar-refractivity contribution in [2.45, 2.75) is 31.0 Å². The Balaban J connectivity index is 2.25. The summed E-state index contributed by atoms with van der Waals surface area (Å²) in [5, 5.41) is 0. The van der Waals surface area contributed by atoms with Crippen LogP contribution in [0.2, 0.25) is 0 Å². The monoisotopic (exact) mass is 347 g/mol. The van der Waals surface area contributed by atoms with Gasteiger partial charge in [-0.3, -0.25) is 19.1 Å². The molecule has 0 radical (unpaired) electrons. The van der Waals surface area contributed by atoms with Crippen molar-refractivity contribution in [2.75, 3.05) is 14.2 Å². The molecular formula is C13H18NO8P. The van der Waals surface area contributed by atoms with Gasteiger partial charge in [0, 0.05) is 26.2 Å². The molecule has 2 N–H and O–H groups in total. The lowest BCUT2D eigenvalue weighted by molar-refractivity contribution is -0.148. The van der Waals surface area contributed by atoms with Gasteiger partial charge in [-0.15, -0.1) is 0 Å². The lowest BCUT2D eigenvalue weighted by Gasteiger charge is -2.30. The first-order chi connectivity index (χ1) is 10.8. The number of nitrogens with zero attached hydrogens (tertiary/aromatic N) is 1. The Morgan fingerprint density at radius 3 is 2.48 bits per heavy atom. The predicted molar refractivity (Wildman–Crippen MR) is 77.0 cm³/mol. The number of carbonyl (C=O) groups is 2. The van der Waals surface area contributed by atoms with E-state index < -0.39 is 38.0 Å². The highest BCUT2D eigenvalue weighted by Crippen LogP contribution is 2.38. The summed E-state index contributed by atoms with van der Waals surface area (Å²) >= 11 is 0. The lowest BCUT2D eigenvalue weighted by atomic mass is 10.1. The van der Waals surface area contributed by atoms with Gasteiger partial charge >= 0.3 is 7.60 Å². The summed E-state index contributed by atoms with van der Waals surface area (Å²) in [6.07, 6.45) is 0.442. The topological polar surface area (TPSA) is 123 Å². The second-order valence-electron chi connectivity index (χ2n) is 5.08. The van der Waals surface area contributed by atoms with E-state index in [1.807, 2.05) is 0 Å². The van der Waals surface area contributed by atoms with Gasteiger partial charge in [0.25, 0.3) is 0 Å². The zero-order valence-corrected chi connectivity index (χ0v) is 13.5. The molecule has 0 aromatic heterocycles. The highest BCUT2D eigenvalue weighted by molar-refractivity contribution is 7.55. The van der Waals surface area contributed by atoms with Crippen molar-refractivity contribution in [1.82, 2.24) is 4.90 Å². The number of hydrogen-bond acceptors (Lipinski definition) is 6. The third-order valence-corrected chi connectivity index (χ3v) is 4.11. The quantitative estimate of drug-likeness (QED) is 0.515. The molecule has 1 saturated heterocycles. The molecule has 0 aliphatic carbocycles. The summed E-state index contributed by atoms with van der Waals surface area (Å²) in [7, 11) is -1.54. The molecule has 0 unspecified atom stereocenters. The molecule has 0 bridgehead atoms. The van der Waals surface area contributed by atoms with Crippen LogP contribution in [0.15, 0.2) is 24.2 Å². The van der Waals surface area contributed by atoms with Crippen LogP contribution in [0.3, 0.4) is 0 Å². The molecule has 23 heavy (non-hydrogen) atoms. The van der Waals surface area contributed by atoms with E-state index in [0.29, 0.717) is 0 Å². The number of ketones is 1. The summed E-state index contributed by atoms with van der Waals surface area (Å²) in [6, 6.07) is 0. The molecule has 2 aliphatic rings. The van der Waals surface area contributed by atoms with Gasteiger partial charge in [0.2, 0.25) is 5.91 Å². The van der Waals surface area contributed by atoms with Crippen LogP contribution >= 0.6 is 7.60 Å². The minimum Gasteiger partial charge on any atom is -0.375 e. The first-order valence-electron chi connectivity index (χ1n) is 6.74. The van der Waals surface area contributed by atoms with E-state index >= 15 is 0 Å². The summed E-state index contributed by atoms with van der Waals surface area (Å²) in [6.45, 7) is 0. The van der Waals surface area contributed by atoms with E-state index in [1.165, 1.54) is 37.5 Å². The Morgan fingerprint density at radius 1 is 1.30 bits per heavy atom. The highest BCUT2D eigenvalue weighted by atomic mass is 31.2. The average molecular weight is 347 g/mol. The van der Waals surface area contributed by atoms with Crippen LogP contribution in [-0.4, -0.2) is 65.1 Å². The summed E-state index contributed by atoms with van der Waals surface area (Å²) < 4.78 is 27.3. The lowest BCUT2D eigenvalue weighted by Crippen LogP contribution is -2.47. The van der Waals surface area contributed by atoms with Gasteiger partial charge in [0.15, 0.2) is 12.0 Å². The maximum Gasteiger partial charge on any atom is 0.348 e. The summed E-state index contributed by atoms with van der Waals surface area (Å²) in [5.74, 6) is -0.0330. The van der Waals surface area contributed by atoms with Crippen molar-refractivity contribution in [2.24, 2.45) is 0 Å². The van der Waals surface area contributed by atoms with Gasteiger partial charge in [-0.05, 0) is 12.2 Å². The third-order valence-electron chi connectivity index (χ3n) is 3.55. The SMILES string of the molecule is CO[C@@H]1[C@H](OC)[C@@H](/C=C/P(=O)(O)O)O[C@H]1N1C=CC(=O)CC1=O. The summed E-state index contributed by atoms with van der Waals surface area (Å²) in [4.78, 5) is 42.3. The number of hydrogen-bond donors (Lipinski definition) is 2. The molecule has 0 spiro atoms. The van der Waals surface area contributed by atoms with Crippen molar-refractivity contribution >= 4 is 19.3 Å². The van der Waals surface area contributed by atoms with E-state index in [0.717, 1.165) is 5.82 Å². The van der Waals surface area contributed by atoms with Crippen LogP contribution in [0, 0.1) is 0 Å². The number of amides is 1. The van der Waals surface area contributed by atoms with E-state index in [9.17, 15) is 14.2 Å². The fourth-order valence-corrected chi connectivity index (χ4v) is 2.93. The Bertz CT molecular complexity index is 583. The molecule has 0 aromatic carbocycles. The molecule has 4 atom stereocenters. The molecular weight excluding hydrogens is 329 g/mol. The van der Waals surface area contributed by atoms with Crippen LogP contribution in [0.25, 0.3) is 0 Å². The van der Waals surface area contributed by atoms with Crippen LogP contribution < -0.4 is 0 Å². The average Bonchev–Trinajstić information content (AvgIpc) is 2.81. The Morgan fingerprint density at radius 2 is 1.96 bits per heavy atom. The van der Waals surface area contributed by atoms with Gasteiger partial charge in [-0.1, -0.05) is 0 Å². The standard InChI is InChI=1S/C13H18NO8P/c1-20-11-9(4-6-23(17,18)19)22-13(12(11)21-2)14-5-3-8(15)7-10(14)16/h3-6,9,11-13H,7H2,1-2H3,(H2,17,18,19)/b6-4+/t9-,11-,12-,13-/m1/s1. The zero-order chi connectivity index (χ0) is 17.2. The number of allylic oxidation sites excluding steroid dienone is 1. The van der Waals surface area contributed by atoms with Gasteiger partial charge in [-0.2, -0.15) is 0 Å². The van der Waals surface area contributed by atoms with Crippen molar-refractivity contribution in [1.29, 1.82) is 0 Å². The van der Waals surface area contributed by atoms with E-state index in [2.05, 4.69) is 0 Å². The molecule has 0 aromatic rings. The fraction of sp³-hybridized carbons (Fsp3) is 0.538. The molecule has 128 valence electrons. The summed E-state index contributed by atoms with van der Waals surface area (Å²) in [5.41, 5.74) is 0.